The summed E-state index contributed by atoms with van der Waals surface area (Å²) in [6.07, 6.45) is 0. The summed E-state index contributed by atoms with van der Waals surface area (Å²) in [5, 5.41) is 18.4. The molecule has 0 saturated heterocycles. The molecule has 0 radical (unpaired) electrons. The topological polar surface area (TPSA) is 0 Å². The highest BCUT2D eigenvalue weighted by Gasteiger charge is 2.42. The Balaban J connectivity index is 1.05. The molecule has 424 valence electrons. The van der Waals surface area contributed by atoms with E-state index in [4.69, 9.17) is 0 Å². The third kappa shape index (κ3) is 5.96. The molecule has 6 aliphatic rings. The average molecular weight is 1150 g/mol. The molecule has 0 heterocycles. The van der Waals surface area contributed by atoms with Crippen molar-refractivity contribution in [3.63, 3.8) is 0 Å². The van der Waals surface area contributed by atoms with Crippen LogP contribution in [0.2, 0.25) is 0 Å². The van der Waals surface area contributed by atoms with Crippen molar-refractivity contribution in [1.82, 2.24) is 0 Å². The van der Waals surface area contributed by atoms with Crippen LogP contribution >= 0.6 is 0 Å². The quantitative estimate of drug-likeness (QED) is 0.165. The van der Waals surface area contributed by atoms with Crippen LogP contribution in [0.4, 0.5) is 0 Å². The Kier molecular flexibility index (Phi) is 9.58. The molecule has 14 aromatic rings. The van der Waals surface area contributed by atoms with Crippen LogP contribution in [0.25, 0.3) is 121 Å². The van der Waals surface area contributed by atoms with Gasteiger partial charge >= 0.3 is 0 Å². The third-order valence-electron chi connectivity index (χ3n) is 23.2. The normalized spacial score (nSPS) is 15.7. The lowest BCUT2D eigenvalue weighted by Crippen LogP contribution is -2.14. The number of fused-ring (bicyclic) bond motifs is 16. The fourth-order valence-electron chi connectivity index (χ4n) is 19.3. The van der Waals surface area contributed by atoms with Gasteiger partial charge in [-0.1, -0.05) is 298 Å². The van der Waals surface area contributed by atoms with Gasteiger partial charge < -0.3 is 0 Å². The summed E-state index contributed by atoms with van der Waals surface area (Å²) in [6.45, 7) is 19.4. The van der Waals surface area contributed by atoms with Crippen LogP contribution < -0.4 is 0 Å². The van der Waals surface area contributed by atoms with Crippen LogP contribution in [0.1, 0.15) is 99.9 Å². The molecule has 6 aliphatic carbocycles. The Bertz CT molecular complexity index is 5450. The highest BCUT2D eigenvalue weighted by atomic mass is 14.5. The molecule has 0 atom stereocenters. The molecule has 0 amide bonds. The van der Waals surface area contributed by atoms with Crippen LogP contribution in [0, 0.1) is 41.7 Å². The maximum Gasteiger partial charge on any atom is 0.0159 e. The minimum atomic E-state index is -0.171. The van der Waals surface area contributed by atoms with Gasteiger partial charge in [0, 0.05) is 21.7 Å². The van der Waals surface area contributed by atoms with Gasteiger partial charge in [0.2, 0.25) is 0 Å². The van der Waals surface area contributed by atoms with Crippen LogP contribution in [0.5, 0.6) is 0 Å². The van der Waals surface area contributed by atoms with Gasteiger partial charge in [0.15, 0.2) is 0 Å². The highest BCUT2D eigenvalue weighted by molar-refractivity contribution is 6.14. The molecule has 0 nitrogen and oxygen atoms in total. The first-order chi connectivity index (χ1) is 43.8. The molecule has 0 fully saturated rings. The lowest BCUT2D eigenvalue weighted by molar-refractivity contribution is 0.660. The van der Waals surface area contributed by atoms with Crippen molar-refractivity contribution >= 4 is 32.3 Å². The van der Waals surface area contributed by atoms with Gasteiger partial charge in [-0.3, -0.25) is 0 Å². The van der Waals surface area contributed by atoms with E-state index in [1.54, 1.807) is 0 Å². The van der Waals surface area contributed by atoms with Gasteiger partial charge in [-0.15, -0.1) is 0 Å². The fourth-order valence-corrected chi connectivity index (χ4v) is 19.3. The van der Waals surface area contributed by atoms with E-state index in [0.29, 0.717) is 0 Å². The van der Waals surface area contributed by atoms with E-state index in [2.05, 4.69) is 298 Å². The maximum atomic E-state index is 2.56. The van der Waals surface area contributed by atoms with Crippen molar-refractivity contribution in [2.45, 2.75) is 77.0 Å². The highest BCUT2D eigenvalue weighted by Crippen LogP contribution is 2.60. The van der Waals surface area contributed by atoms with Gasteiger partial charge in [-0.2, -0.15) is 0 Å². The zero-order chi connectivity index (χ0) is 60.2. The number of hydrogen-bond donors (Lipinski definition) is 0. The summed E-state index contributed by atoms with van der Waals surface area (Å²) in [4.78, 5) is 0. The average Bonchev–Trinajstić information content (AvgIpc) is 1.52. The van der Waals surface area contributed by atoms with Gasteiger partial charge in [0.1, 0.15) is 0 Å². The predicted molar refractivity (Wildman–Crippen MR) is 375 cm³/mol. The lowest BCUT2D eigenvalue weighted by atomic mass is 9.80. The van der Waals surface area contributed by atoms with Crippen LogP contribution in [-0.2, 0) is 21.7 Å². The molecule has 0 aromatic heterocycles. The Morgan fingerprint density at radius 3 is 0.589 bits per heavy atom. The smallest absolute Gasteiger partial charge is 0.0159 e. The van der Waals surface area contributed by atoms with E-state index in [1.807, 2.05) is 0 Å². The number of rotatable bonds is 4. The standard InChI is InChI=1S/C90H64/c1-87(2)65-37-17-13-29-53(65)73-57(33-21-41-69(73)87)77-49-25-9-10-26-50(49)78(58-34-22-42-70-74(58)54-30-14-18-38-66(54)88(70,3)4)84-62-47-48-64-82-63(46-45-61(81(62)82)83(77)84)85-79(59-35-23-43-71-75(59)55-31-15-19-39-67(55)89(71,5)6)51-27-11-12-28-52(51)80(86(64)85)60-36-24-44-72-76(60)56-32-16-20-40-68(56)90(72,7)8/h9-48H,1-8H3. The summed E-state index contributed by atoms with van der Waals surface area (Å²) >= 11 is 0. The van der Waals surface area contributed by atoms with Crippen molar-refractivity contribution in [1.29, 1.82) is 0 Å². The summed E-state index contributed by atoms with van der Waals surface area (Å²) in [5.74, 6) is 0. The van der Waals surface area contributed by atoms with Crippen LogP contribution in [-0.4, -0.2) is 0 Å². The molecule has 0 unspecified atom stereocenters. The first-order valence-electron chi connectivity index (χ1n) is 32.5. The van der Waals surface area contributed by atoms with Crippen LogP contribution in [0.15, 0.2) is 243 Å². The Hall–Kier alpha value is -10.1. The third-order valence-corrected chi connectivity index (χ3v) is 23.2. The lowest BCUT2D eigenvalue weighted by Gasteiger charge is -2.23. The van der Waals surface area contributed by atoms with Crippen molar-refractivity contribution in [3.8, 4) is 89.0 Å². The Morgan fingerprint density at radius 2 is 0.356 bits per heavy atom. The van der Waals surface area contributed by atoms with Crippen molar-refractivity contribution < 1.29 is 0 Å². The molecule has 0 N–H and O–H groups in total. The maximum absolute atomic E-state index is 2.56. The molecule has 0 heteroatoms. The SMILES string of the molecule is CC1(C)c2ccccc2-c2c(-c3c4c(c(-c5cccc6c5-c5ccccc5C6(C)C)c5ccccc35)=c3ccc5c6c(ccc=4c36)=c3c(-c4cccc6c4-c4ccccc4C6(C)C)c4ccccc4c(-c4cccc6c4-c4ccccc4C6(C)C)c3=5)cccc21. The Labute approximate surface area is 524 Å². The molecule has 20 rings (SSSR count). The molecule has 90 heavy (non-hydrogen) atoms. The predicted octanol–water partition coefficient (Wildman–Crippen LogP) is 22.8. The number of hydrogen-bond acceptors (Lipinski definition) is 0. The summed E-state index contributed by atoms with van der Waals surface area (Å²) in [5.41, 5.74) is 31.7. The van der Waals surface area contributed by atoms with Gasteiger partial charge in [0.05, 0.1) is 0 Å². The van der Waals surface area contributed by atoms with Gasteiger partial charge in [-0.05, 0) is 208 Å². The molecular weight excluding hydrogens is 1080 g/mol. The monoisotopic (exact) mass is 1140 g/mol. The minimum Gasteiger partial charge on any atom is -0.0619 e. The summed E-state index contributed by atoms with van der Waals surface area (Å²) in [7, 11) is 0. The largest absolute Gasteiger partial charge is 0.0619 e. The van der Waals surface area contributed by atoms with E-state index in [1.165, 1.54) is 208 Å². The molecule has 14 aromatic carbocycles. The summed E-state index contributed by atoms with van der Waals surface area (Å²) < 4.78 is 0. The Morgan fingerprint density at radius 1 is 0.167 bits per heavy atom. The molecule has 0 bridgehead atoms. The van der Waals surface area contributed by atoms with Gasteiger partial charge in [0.25, 0.3) is 0 Å². The number of benzene rings is 14. The summed E-state index contributed by atoms with van der Waals surface area (Å²) in [6, 6.07) is 94.8. The molecule has 0 spiro atoms. The second-order valence-corrected chi connectivity index (χ2v) is 28.8. The minimum absolute atomic E-state index is 0.171. The fraction of sp³-hybridized carbons (Fsp3) is 0.133. The van der Waals surface area contributed by atoms with Gasteiger partial charge in [-0.25, -0.2) is 0 Å². The first kappa shape index (κ1) is 50.8. The van der Waals surface area contributed by atoms with Crippen molar-refractivity contribution in [2.75, 3.05) is 0 Å². The van der Waals surface area contributed by atoms with E-state index in [0.717, 1.165) is 0 Å². The zero-order valence-electron chi connectivity index (χ0n) is 52.1. The molecular formula is C90H64. The first-order valence-corrected chi connectivity index (χ1v) is 32.5. The van der Waals surface area contributed by atoms with Crippen molar-refractivity contribution in [3.05, 3.63) is 329 Å². The van der Waals surface area contributed by atoms with E-state index in [9.17, 15) is 0 Å². The molecule has 0 aliphatic heterocycles. The second kappa shape index (κ2) is 17.0. The van der Waals surface area contributed by atoms with E-state index < -0.39 is 0 Å². The second-order valence-electron chi connectivity index (χ2n) is 28.8. The van der Waals surface area contributed by atoms with E-state index in [-0.39, 0.29) is 21.7 Å². The zero-order valence-corrected chi connectivity index (χ0v) is 52.1. The van der Waals surface area contributed by atoms with Crippen LogP contribution in [0.3, 0.4) is 0 Å². The molecule has 0 saturated carbocycles. The van der Waals surface area contributed by atoms with E-state index >= 15 is 0 Å². The van der Waals surface area contributed by atoms with Crippen molar-refractivity contribution in [2.24, 2.45) is 0 Å².